The lowest BCUT2D eigenvalue weighted by Gasteiger charge is -2.22. The second kappa shape index (κ2) is 7.20. The number of rotatable bonds is 5. The van der Waals surface area contributed by atoms with Crippen LogP contribution in [-0.2, 0) is 9.53 Å². The molecule has 1 aliphatic heterocycles. The average Bonchev–Trinajstić information content (AvgIpc) is 3.09. The fourth-order valence-corrected chi connectivity index (χ4v) is 2.53. The second-order valence-electron chi connectivity index (χ2n) is 5.36. The summed E-state index contributed by atoms with van der Waals surface area (Å²) in [5, 5.41) is 13.0. The van der Waals surface area contributed by atoms with Crippen molar-refractivity contribution in [2.24, 2.45) is 0 Å². The van der Waals surface area contributed by atoms with Crippen LogP contribution >= 0.6 is 0 Å². The van der Waals surface area contributed by atoms with E-state index in [1.165, 1.54) is 0 Å². The number of amides is 1. The van der Waals surface area contributed by atoms with E-state index >= 15 is 0 Å². The molecular weight excluding hydrogens is 280 g/mol. The van der Waals surface area contributed by atoms with Gasteiger partial charge in [-0.2, -0.15) is 5.10 Å². The number of anilines is 1. The number of carbonyl (C=O) groups is 1. The van der Waals surface area contributed by atoms with Crippen LogP contribution in [0.2, 0.25) is 0 Å². The summed E-state index contributed by atoms with van der Waals surface area (Å²) in [7, 11) is 0. The molecule has 0 bridgehead atoms. The summed E-state index contributed by atoms with van der Waals surface area (Å²) in [5.74, 6) is -0.125. The van der Waals surface area contributed by atoms with Gasteiger partial charge in [0.25, 0.3) is 0 Å². The van der Waals surface area contributed by atoms with Crippen LogP contribution in [0.25, 0.3) is 11.3 Å². The van der Waals surface area contributed by atoms with Gasteiger partial charge in [0.2, 0.25) is 5.91 Å². The molecular formula is C16H20N4O2. The number of nitrogens with zero attached hydrogens (tertiary/aromatic N) is 1. The SMILES string of the molecule is O=C(COC1CCNCC1)Nc1cccc(-c2ccn[nH]2)c1. The highest BCUT2D eigenvalue weighted by molar-refractivity contribution is 5.92. The van der Waals surface area contributed by atoms with Crippen LogP contribution in [0.1, 0.15) is 12.8 Å². The molecule has 1 amide bonds. The molecule has 3 N–H and O–H groups in total. The molecule has 0 saturated carbocycles. The fraction of sp³-hybridized carbons (Fsp3) is 0.375. The van der Waals surface area contributed by atoms with Gasteiger partial charge >= 0.3 is 0 Å². The van der Waals surface area contributed by atoms with Crippen molar-refractivity contribution < 1.29 is 9.53 Å². The van der Waals surface area contributed by atoms with Crippen molar-refractivity contribution in [3.63, 3.8) is 0 Å². The third kappa shape index (κ3) is 3.93. The molecule has 2 heterocycles. The lowest BCUT2D eigenvalue weighted by molar-refractivity contribution is -0.123. The largest absolute Gasteiger partial charge is 0.368 e. The minimum Gasteiger partial charge on any atom is -0.368 e. The summed E-state index contributed by atoms with van der Waals surface area (Å²) in [4.78, 5) is 12.0. The third-order valence-electron chi connectivity index (χ3n) is 3.69. The molecule has 0 unspecified atom stereocenters. The van der Waals surface area contributed by atoms with E-state index in [1.807, 2.05) is 30.3 Å². The summed E-state index contributed by atoms with van der Waals surface area (Å²) in [5.41, 5.74) is 2.66. The number of H-pyrrole nitrogens is 1. The van der Waals surface area contributed by atoms with Crippen molar-refractivity contribution in [1.82, 2.24) is 15.5 Å². The maximum atomic E-state index is 12.0. The van der Waals surface area contributed by atoms with Crippen molar-refractivity contribution >= 4 is 11.6 Å². The van der Waals surface area contributed by atoms with Crippen molar-refractivity contribution in [2.75, 3.05) is 25.0 Å². The Bertz CT molecular complexity index is 606. The molecule has 0 spiro atoms. The van der Waals surface area contributed by atoms with Gasteiger partial charge in [0, 0.05) is 17.4 Å². The number of piperidine rings is 1. The van der Waals surface area contributed by atoms with Crippen molar-refractivity contribution in [1.29, 1.82) is 0 Å². The molecule has 6 nitrogen and oxygen atoms in total. The molecule has 1 fully saturated rings. The van der Waals surface area contributed by atoms with E-state index < -0.39 is 0 Å². The van der Waals surface area contributed by atoms with Crippen molar-refractivity contribution in [2.45, 2.75) is 18.9 Å². The van der Waals surface area contributed by atoms with Gasteiger partial charge in [0.1, 0.15) is 6.61 Å². The molecule has 0 aliphatic carbocycles. The van der Waals surface area contributed by atoms with Crippen LogP contribution in [0.15, 0.2) is 36.5 Å². The maximum absolute atomic E-state index is 12.0. The van der Waals surface area contributed by atoms with E-state index in [2.05, 4.69) is 20.8 Å². The van der Waals surface area contributed by atoms with Gasteiger partial charge in [-0.3, -0.25) is 9.89 Å². The van der Waals surface area contributed by atoms with E-state index in [9.17, 15) is 4.79 Å². The summed E-state index contributed by atoms with van der Waals surface area (Å²) < 4.78 is 5.65. The lowest BCUT2D eigenvalue weighted by atomic mass is 10.1. The smallest absolute Gasteiger partial charge is 0.250 e. The van der Waals surface area contributed by atoms with Crippen molar-refractivity contribution in [3.05, 3.63) is 36.5 Å². The number of benzene rings is 1. The average molecular weight is 300 g/mol. The quantitative estimate of drug-likeness (QED) is 0.786. The van der Waals surface area contributed by atoms with Crippen LogP contribution in [0.3, 0.4) is 0 Å². The number of hydrogen-bond acceptors (Lipinski definition) is 4. The first-order valence-electron chi connectivity index (χ1n) is 7.53. The Morgan fingerprint density at radius 1 is 1.32 bits per heavy atom. The number of aromatic amines is 1. The van der Waals surface area contributed by atoms with Gasteiger partial charge in [-0.1, -0.05) is 12.1 Å². The van der Waals surface area contributed by atoms with Gasteiger partial charge < -0.3 is 15.4 Å². The summed E-state index contributed by atoms with van der Waals surface area (Å²) in [6, 6.07) is 9.54. The van der Waals surface area contributed by atoms with Crippen LogP contribution < -0.4 is 10.6 Å². The molecule has 1 saturated heterocycles. The number of carbonyl (C=O) groups excluding carboxylic acids is 1. The lowest BCUT2D eigenvalue weighted by Crippen LogP contribution is -2.34. The predicted octanol–water partition coefficient (Wildman–Crippen LogP) is 1.78. The molecule has 1 aromatic heterocycles. The third-order valence-corrected chi connectivity index (χ3v) is 3.69. The minimum absolute atomic E-state index is 0.0962. The monoisotopic (exact) mass is 300 g/mol. The highest BCUT2D eigenvalue weighted by atomic mass is 16.5. The standard InChI is InChI=1S/C16H20N4O2/c21-16(11-22-14-4-7-17-8-5-14)19-13-3-1-2-12(10-13)15-6-9-18-20-15/h1-3,6,9-10,14,17H,4-5,7-8,11H2,(H,18,20)(H,19,21). The van der Waals surface area contributed by atoms with Crippen molar-refractivity contribution in [3.8, 4) is 11.3 Å². The zero-order chi connectivity index (χ0) is 15.2. The molecule has 2 aromatic rings. The molecule has 1 aromatic carbocycles. The topological polar surface area (TPSA) is 79.0 Å². The first-order valence-corrected chi connectivity index (χ1v) is 7.53. The van der Waals surface area contributed by atoms with E-state index in [1.54, 1.807) is 6.20 Å². The van der Waals surface area contributed by atoms with Gasteiger partial charge in [0.05, 0.1) is 11.8 Å². The highest BCUT2D eigenvalue weighted by Crippen LogP contribution is 2.20. The molecule has 0 atom stereocenters. The zero-order valence-corrected chi connectivity index (χ0v) is 12.3. The molecule has 0 radical (unpaired) electrons. The van der Waals surface area contributed by atoms with E-state index in [-0.39, 0.29) is 18.6 Å². The maximum Gasteiger partial charge on any atom is 0.250 e. The number of hydrogen-bond donors (Lipinski definition) is 3. The normalized spacial score (nSPS) is 15.6. The van der Waals surface area contributed by atoms with Crippen LogP contribution in [0.4, 0.5) is 5.69 Å². The van der Waals surface area contributed by atoms with E-state index in [0.29, 0.717) is 0 Å². The predicted molar refractivity (Wildman–Crippen MR) is 84.5 cm³/mol. The van der Waals surface area contributed by atoms with Crippen LogP contribution in [-0.4, -0.2) is 41.9 Å². The highest BCUT2D eigenvalue weighted by Gasteiger charge is 2.14. The first kappa shape index (κ1) is 14.7. The van der Waals surface area contributed by atoms with Gasteiger partial charge in [0.15, 0.2) is 0 Å². The number of ether oxygens (including phenoxy) is 1. The molecule has 22 heavy (non-hydrogen) atoms. The Morgan fingerprint density at radius 2 is 2.18 bits per heavy atom. The molecule has 3 rings (SSSR count). The summed E-state index contributed by atoms with van der Waals surface area (Å²) in [6.07, 6.45) is 3.81. The fourth-order valence-electron chi connectivity index (χ4n) is 2.53. The summed E-state index contributed by atoms with van der Waals surface area (Å²) >= 11 is 0. The van der Waals surface area contributed by atoms with Crippen LogP contribution in [0, 0.1) is 0 Å². The Hall–Kier alpha value is -2.18. The summed E-state index contributed by atoms with van der Waals surface area (Å²) in [6.45, 7) is 2.01. The second-order valence-corrected chi connectivity index (χ2v) is 5.36. The van der Waals surface area contributed by atoms with Gasteiger partial charge in [-0.15, -0.1) is 0 Å². The molecule has 6 heteroatoms. The molecule has 116 valence electrons. The zero-order valence-electron chi connectivity index (χ0n) is 12.3. The van der Waals surface area contributed by atoms with Gasteiger partial charge in [-0.25, -0.2) is 0 Å². The number of aromatic nitrogens is 2. The van der Waals surface area contributed by atoms with E-state index in [0.717, 1.165) is 42.9 Å². The Kier molecular flexibility index (Phi) is 4.82. The Balaban J connectivity index is 1.54. The first-order chi connectivity index (χ1) is 10.8. The number of nitrogens with one attached hydrogen (secondary N) is 3. The Morgan fingerprint density at radius 3 is 2.95 bits per heavy atom. The molecule has 1 aliphatic rings. The Labute approximate surface area is 129 Å². The van der Waals surface area contributed by atoms with Crippen LogP contribution in [0.5, 0.6) is 0 Å². The van der Waals surface area contributed by atoms with Gasteiger partial charge in [-0.05, 0) is 44.1 Å². The minimum atomic E-state index is -0.125. The van der Waals surface area contributed by atoms with E-state index in [4.69, 9.17) is 4.74 Å².